The number of ether oxygens (including phenoxy) is 9. The summed E-state index contributed by atoms with van der Waals surface area (Å²) in [6.07, 6.45) is 0.590. The van der Waals surface area contributed by atoms with Crippen molar-refractivity contribution in [3.8, 4) is 0 Å². The van der Waals surface area contributed by atoms with Crippen molar-refractivity contribution in [2.75, 3.05) is 52.9 Å². The molecule has 0 aliphatic heterocycles. The molecule has 0 saturated carbocycles. The van der Waals surface area contributed by atoms with Crippen LogP contribution in [0.3, 0.4) is 0 Å². The Morgan fingerprint density at radius 2 is 0.429 bits per heavy atom. The molecule has 0 bridgehead atoms. The average Bonchev–Trinajstić information content (AvgIpc) is 3.48. The molecular formula is C62H66O15. The Morgan fingerprint density at radius 3 is 0.610 bits per heavy atom. The summed E-state index contributed by atoms with van der Waals surface area (Å²) in [7, 11) is 0. The molecule has 0 saturated heterocycles. The first kappa shape index (κ1) is 58.3. The van der Waals surface area contributed by atoms with Gasteiger partial charge in [0.1, 0.15) is 13.2 Å². The van der Waals surface area contributed by atoms with Crippen LogP contribution in [0.2, 0.25) is 0 Å². The molecule has 0 spiro atoms. The second-order valence-electron chi connectivity index (χ2n) is 18.5. The van der Waals surface area contributed by atoms with E-state index in [9.17, 15) is 28.8 Å². The van der Waals surface area contributed by atoms with Crippen molar-refractivity contribution in [1.82, 2.24) is 0 Å². The van der Waals surface area contributed by atoms with Gasteiger partial charge in [-0.1, -0.05) is 137 Å². The summed E-state index contributed by atoms with van der Waals surface area (Å²) in [5, 5.41) is 0. The lowest BCUT2D eigenvalue weighted by Crippen LogP contribution is -2.51. The lowest BCUT2D eigenvalue weighted by Gasteiger charge is -2.38. The molecule has 0 amide bonds. The molecule has 0 aliphatic rings. The fourth-order valence-corrected chi connectivity index (χ4v) is 7.81. The van der Waals surface area contributed by atoms with Crippen molar-refractivity contribution < 1.29 is 71.4 Å². The summed E-state index contributed by atoms with van der Waals surface area (Å²) in [6, 6.07) is 50.3. The van der Waals surface area contributed by atoms with Crippen LogP contribution in [0, 0.1) is 0 Å². The second-order valence-corrected chi connectivity index (χ2v) is 18.5. The van der Waals surface area contributed by atoms with E-state index in [4.69, 9.17) is 42.6 Å². The van der Waals surface area contributed by atoms with E-state index in [0.29, 0.717) is 11.1 Å². The summed E-state index contributed by atoms with van der Waals surface area (Å²) in [6.45, 7) is 4.54. The Morgan fingerprint density at radius 1 is 0.260 bits per heavy atom. The van der Waals surface area contributed by atoms with E-state index in [0.717, 1.165) is 0 Å². The molecule has 6 aromatic rings. The van der Waals surface area contributed by atoms with E-state index in [1.807, 2.05) is 0 Å². The summed E-state index contributed by atoms with van der Waals surface area (Å²) >= 11 is 0. The molecule has 404 valence electrons. The molecule has 0 radical (unpaired) electrons. The van der Waals surface area contributed by atoms with Crippen LogP contribution in [0.4, 0.5) is 0 Å². The van der Waals surface area contributed by atoms with Gasteiger partial charge in [0.05, 0.1) is 73.0 Å². The van der Waals surface area contributed by atoms with Gasteiger partial charge in [-0.3, -0.25) is 0 Å². The van der Waals surface area contributed by atoms with Crippen LogP contribution in [0.1, 0.15) is 116 Å². The Labute approximate surface area is 449 Å². The number of hydrogen-bond donors (Lipinski definition) is 0. The highest BCUT2D eigenvalue weighted by molar-refractivity contribution is 5.92. The molecule has 77 heavy (non-hydrogen) atoms. The first-order chi connectivity index (χ1) is 37.3. The molecule has 4 unspecified atom stereocenters. The number of benzene rings is 6. The highest BCUT2D eigenvalue weighted by Crippen LogP contribution is 2.29. The van der Waals surface area contributed by atoms with Crippen LogP contribution in [0.25, 0.3) is 0 Å². The topological polar surface area (TPSA) is 185 Å². The van der Waals surface area contributed by atoms with E-state index in [1.54, 1.807) is 210 Å². The van der Waals surface area contributed by atoms with Crippen molar-refractivity contribution in [3.05, 3.63) is 215 Å². The predicted octanol–water partition coefficient (Wildman–Crippen LogP) is 10.8. The first-order valence-electron chi connectivity index (χ1n) is 25.6. The molecule has 15 nitrogen and oxygen atoms in total. The van der Waals surface area contributed by atoms with Crippen molar-refractivity contribution in [3.63, 3.8) is 0 Å². The standard InChI is InChI=1S/C62H66O15/c1-5-59(74-55(65)49-31-19-11-20-32-49,41-70-43-61(7-3,76-57(67)51-35-23-13-24-36-51)45-72-53(63)47-27-15-9-16-28-47)39-69-40-60(6-2,75-56(66)50-33-21-12-22-34-50)42-71-44-62(8-4,77-58(68)52-37-25-14-26-38-52)46-73-54(64)48-29-17-10-18-30-48/h9-38H,5-8,39-46H2,1-4H3. The van der Waals surface area contributed by atoms with Crippen LogP contribution < -0.4 is 0 Å². The number of carbonyl (C=O) groups excluding carboxylic acids is 6. The Balaban J connectivity index is 1.26. The minimum absolute atomic E-state index is 0.143. The summed E-state index contributed by atoms with van der Waals surface area (Å²) < 4.78 is 55.8. The fourth-order valence-electron chi connectivity index (χ4n) is 7.81. The van der Waals surface area contributed by atoms with E-state index in [2.05, 4.69) is 0 Å². The summed E-state index contributed by atoms with van der Waals surface area (Å²) in [4.78, 5) is 81.7. The molecule has 6 rings (SSSR count). The minimum atomic E-state index is -1.52. The van der Waals surface area contributed by atoms with E-state index in [-0.39, 0.29) is 101 Å². The summed E-state index contributed by atoms with van der Waals surface area (Å²) in [5.41, 5.74) is -4.42. The van der Waals surface area contributed by atoms with E-state index >= 15 is 0 Å². The normalized spacial score (nSPS) is 14.2. The molecule has 15 heteroatoms. The number of hydrogen-bond acceptors (Lipinski definition) is 15. The fraction of sp³-hybridized carbons (Fsp3) is 0.323. The van der Waals surface area contributed by atoms with Gasteiger partial charge in [0.15, 0.2) is 22.4 Å². The Kier molecular flexibility index (Phi) is 21.8. The van der Waals surface area contributed by atoms with Crippen LogP contribution in [0.5, 0.6) is 0 Å². The third kappa shape index (κ3) is 17.0. The lowest BCUT2D eigenvalue weighted by atomic mass is 9.99. The first-order valence-corrected chi connectivity index (χ1v) is 25.6. The lowest BCUT2D eigenvalue weighted by molar-refractivity contribution is -0.164. The molecule has 0 fully saturated rings. The molecule has 6 aromatic carbocycles. The Hall–Kier alpha value is -7.98. The predicted molar refractivity (Wildman–Crippen MR) is 285 cm³/mol. The highest BCUT2D eigenvalue weighted by atomic mass is 16.6. The number of rotatable bonds is 30. The van der Waals surface area contributed by atoms with Gasteiger partial charge in [0.2, 0.25) is 0 Å². The van der Waals surface area contributed by atoms with Crippen LogP contribution in [-0.2, 0) is 42.6 Å². The second kappa shape index (κ2) is 28.8. The third-order valence-corrected chi connectivity index (χ3v) is 13.0. The highest BCUT2D eigenvalue weighted by Gasteiger charge is 2.43. The zero-order valence-electron chi connectivity index (χ0n) is 43.9. The molecule has 4 atom stereocenters. The van der Waals surface area contributed by atoms with Gasteiger partial charge in [0, 0.05) is 0 Å². The molecule has 0 aromatic heterocycles. The van der Waals surface area contributed by atoms with Gasteiger partial charge in [-0.05, 0) is 98.5 Å². The van der Waals surface area contributed by atoms with Gasteiger partial charge in [-0.15, -0.1) is 0 Å². The van der Waals surface area contributed by atoms with Crippen LogP contribution in [-0.4, -0.2) is 111 Å². The maximum absolute atomic E-state index is 14.0. The monoisotopic (exact) mass is 1050 g/mol. The largest absolute Gasteiger partial charge is 0.458 e. The maximum Gasteiger partial charge on any atom is 0.338 e. The molecular weight excluding hydrogens is 985 g/mol. The molecule has 0 N–H and O–H groups in total. The van der Waals surface area contributed by atoms with Crippen LogP contribution in [0.15, 0.2) is 182 Å². The zero-order chi connectivity index (χ0) is 55.0. The quantitative estimate of drug-likeness (QED) is 0.0306. The minimum Gasteiger partial charge on any atom is -0.458 e. The van der Waals surface area contributed by atoms with Gasteiger partial charge >= 0.3 is 35.8 Å². The van der Waals surface area contributed by atoms with Gasteiger partial charge in [0.25, 0.3) is 0 Å². The zero-order valence-corrected chi connectivity index (χ0v) is 43.9. The van der Waals surface area contributed by atoms with E-state index < -0.39 is 58.2 Å². The van der Waals surface area contributed by atoms with Crippen molar-refractivity contribution >= 4 is 35.8 Å². The van der Waals surface area contributed by atoms with Gasteiger partial charge in [-0.2, -0.15) is 0 Å². The summed E-state index contributed by atoms with van der Waals surface area (Å²) in [5.74, 6) is -3.97. The van der Waals surface area contributed by atoms with Crippen molar-refractivity contribution in [2.24, 2.45) is 0 Å². The third-order valence-electron chi connectivity index (χ3n) is 13.0. The van der Waals surface area contributed by atoms with Crippen LogP contribution >= 0.6 is 0 Å². The van der Waals surface area contributed by atoms with Gasteiger partial charge in [-0.25, -0.2) is 28.8 Å². The van der Waals surface area contributed by atoms with Crippen molar-refractivity contribution in [1.29, 1.82) is 0 Å². The van der Waals surface area contributed by atoms with E-state index in [1.165, 1.54) is 0 Å². The van der Waals surface area contributed by atoms with Gasteiger partial charge < -0.3 is 42.6 Å². The molecule has 0 heterocycles. The SMILES string of the molecule is CCC(COCC(CC)(COCC(CC)(COC(=O)c1ccccc1)OC(=O)c1ccccc1)OC(=O)c1ccccc1)(COCC(CC)(COC(=O)c1ccccc1)OC(=O)c1ccccc1)OC(=O)c1ccccc1. The maximum atomic E-state index is 14.0. The Bertz CT molecular complexity index is 2610. The van der Waals surface area contributed by atoms with Crippen molar-refractivity contribution in [2.45, 2.75) is 75.8 Å². The molecule has 0 aliphatic carbocycles. The number of esters is 6. The smallest absolute Gasteiger partial charge is 0.338 e. The average molecular weight is 1050 g/mol. The number of carbonyl (C=O) groups is 6.